The summed E-state index contributed by atoms with van der Waals surface area (Å²) < 4.78 is 8.55. The molecule has 5 aliphatic rings. The molecule has 132 valence electrons. The lowest BCUT2D eigenvalue weighted by Gasteiger charge is -2.05. The molecule has 8 bridgehead atoms. The highest BCUT2D eigenvalue weighted by molar-refractivity contribution is 6.17. The Kier molecular flexibility index (Phi) is 3.44. The summed E-state index contributed by atoms with van der Waals surface area (Å²) in [5.41, 5.74) is 7.37. The zero-order valence-electron chi connectivity index (χ0n) is 16.1. The van der Waals surface area contributed by atoms with E-state index < -0.39 is 0 Å². The van der Waals surface area contributed by atoms with Gasteiger partial charge in [-0.05, 0) is 60.7 Å². The number of hydrogen-bond donors (Lipinski definition) is 0. The number of hydrogen-bond acceptors (Lipinski definition) is 4. The molecule has 0 aromatic heterocycles. The summed E-state index contributed by atoms with van der Waals surface area (Å²) in [5, 5.41) is 0. The van der Waals surface area contributed by atoms with Crippen LogP contribution < -0.4 is 0 Å². The van der Waals surface area contributed by atoms with Gasteiger partial charge in [0.25, 0.3) is 0 Å². The Bertz CT molecular complexity index is 1260. The quantitative estimate of drug-likeness (QED) is 0.685. The van der Waals surface area contributed by atoms with Crippen LogP contribution in [0, 0.1) is 0 Å². The van der Waals surface area contributed by atoms with E-state index >= 15 is 0 Å². The molecule has 5 heterocycles. The van der Waals surface area contributed by atoms with E-state index in [1.54, 1.807) is 12.2 Å². The highest BCUT2D eigenvalue weighted by atomic mass is 14.8. The molecule has 0 radical (unpaired) electrons. The molecule has 0 atom stereocenters. The van der Waals surface area contributed by atoms with Gasteiger partial charge in [0.2, 0.25) is 0 Å². The van der Waals surface area contributed by atoms with Crippen LogP contribution in [0.4, 0.5) is 0 Å². The van der Waals surface area contributed by atoms with Gasteiger partial charge in [-0.1, -0.05) is 25.3 Å². The minimum Gasteiger partial charge on any atom is -0.249 e. The Morgan fingerprint density at radius 3 is 1.93 bits per heavy atom. The topological polar surface area (TPSA) is 49.4 Å². The maximum Gasteiger partial charge on any atom is 0.0803 e. The lowest BCUT2D eigenvalue weighted by Crippen LogP contribution is -1.99. The molecular weight excluding hydrogens is 344 g/mol. The van der Waals surface area contributed by atoms with Gasteiger partial charge in [-0.25, -0.2) is 20.0 Å². The molecule has 28 heavy (non-hydrogen) atoms. The summed E-state index contributed by atoms with van der Waals surface area (Å²) in [7, 11) is 0. The summed E-state index contributed by atoms with van der Waals surface area (Å²) in [5.74, 6) is 0. The monoisotopic (exact) mass is 361 g/mol. The Balaban J connectivity index is 1.76. The maximum absolute atomic E-state index is 8.55. The normalized spacial score (nSPS) is 22.4. The van der Waals surface area contributed by atoms with Crippen molar-refractivity contribution in [1.82, 2.24) is 0 Å². The van der Waals surface area contributed by atoms with Crippen molar-refractivity contribution in [2.24, 2.45) is 20.0 Å². The van der Waals surface area contributed by atoms with Crippen LogP contribution in [0.3, 0.4) is 0 Å². The summed E-state index contributed by atoms with van der Waals surface area (Å²) in [6.45, 7) is 7.82. The van der Waals surface area contributed by atoms with Gasteiger partial charge in [0.1, 0.15) is 0 Å². The molecule has 0 amide bonds. The number of allylic oxidation sites excluding steroid dienone is 13. The Morgan fingerprint density at radius 1 is 0.679 bits per heavy atom. The molecule has 5 rings (SSSR count). The summed E-state index contributed by atoms with van der Waals surface area (Å²) in [6.07, 6.45) is 20.6. The predicted molar refractivity (Wildman–Crippen MR) is 117 cm³/mol. The van der Waals surface area contributed by atoms with Crippen LogP contribution in [0.5, 0.6) is 0 Å². The predicted octanol–water partition coefficient (Wildman–Crippen LogP) is 4.69. The molecule has 0 aromatic carbocycles. The molecule has 5 aliphatic heterocycles. The van der Waals surface area contributed by atoms with Crippen LogP contribution >= 0.6 is 0 Å². The zero-order chi connectivity index (χ0) is 20.0. The van der Waals surface area contributed by atoms with E-state index in [1.165, 1.54) is 0 Å². The Hall–Kier alpha value is -3.92. The van der Waals surface area contributed by atoms with Crippen LogP contribution in [0.25, 0.3) is 0 Å². The number of fused-ring (bicyclic) bond motifs is 4. The third-order valence-electron chi connectivity index (χ3n) is 4.59. The molecule has 0 saturated heterocycles. The molecule has 4 nitrogen and oxygen atoms in total. The molecule has 0 unspecified atom stereocenters. The zero-order valence-corrected chi connectivity index (χ0v) is 15.1. The highest BCUT2D eigenvalue weighted by Crippen LogP contribution is 2.29. The lowest BCUT2D eigenvalue weighted by molar-refractivity contribution is 1.35. The van der Waals surface area contributed by atoms with Crippen molar-refractivity contribution in [3.63, 3.8) is 0 Å². The fourth-order valence-corrected chi connectivity index (χ4v) is 3.31. The van der Waals surface area contributed by atoms with Crippen molar-refractivity contribution in [3.8, 4) is 0 Å². The fraction of sp³-hybridized carbons (Fsp3) is 0. The summed E-state index contributed by atoms with van der Waals surface area (Å²) in [6, 6.07) is 0.312. The van der Waals surface area contributed by atoms with E-state index in [9.17, 15) is 0 Å². The molecule has 0 N–H and O–H groups in total. The van der Waals surface area contributed by atoms with Crippen molar-refractivity contribution in [3.05, 3.63) is 120 Å². The van der Waals surface area contributed by atoms with Crippen LogP contribution in [0.1, 0.15) is 1.37 Å². The van der Waals surface area contributed by atoms with Crippen molar-refractivity contribution in [2.75, 3.05) is 0 Å². The second-order valence-electron chi connectivity index (χ2n) is 6.48. The van der Waals surface area contributed by atoms with Gasteiger partial charge in [0.05, 0.1) is 47.0 Å². The number of nitrogens with zero attached hydrogens (tertiary/aromatic N) is 4. The van der Waals surface area contributed by atoms with Crippen molar-refractivity contribution < 1.29 is 1.37 Å². The average molecular weight is 361 g/mol. The van der Waals surface area contributed by atoms with Crippen molar-refractivity contribution >= 4 is 22.8 Å². The van der Waals surface area contributed by atoms with Gasteiger partial charge in [-0.3, -0.25) is 0 Å². The molecule has 0 saturated carbocycles. The smallest absolute Gasteiger partial charge is 0.0803 e. The Labute approximate surface area is 164 Å². The molecular formula is C24H16N4. The molecule has 0 spiro atoms. The Morgan fingerprint density at radius 2 is 1.29 bits per heavy atom. The van der Waals surface area contributed by atoms with E-state index in [-0.39, 0.29) is 0 Å². The summed E-state index contributed by atoms with van der Waals surface area (Å²) in [4.78, 5) is 18.6. The highest BCUT2D eigenvalue weighted by Gasteiger charge is 2.19. The second kappa shape index (κ2) is 6.35. The van der Waals surface area contributed by atoms with Gasteiger partial charge in [0, 0.05) is 11.1 Å². The lowest BCUT2D eigenvalue weighted by atomic mass is 10.0. The standard InChI is InChI=1S/C24H16N4/c1-3-15-11-21-14-19-8-7-17(26-19)12-16-5-6-18(25-16)13-20-9-10-23(27-20)22(4-2)24(15)28-21/h3-14H,1-2H2/i11D. The largest absolute Gasteiger partial charge is 0.249 e. The van der Waals surface area contributed by atoms with Crippen molar-refractivity contribution in [1.29, 1.82) is 0 Å². The van der Waals surface area contributed by atoms with Crippen LogP contribution in [0.2, 0.25) is 0 Å². The molecule has 4 heteroatoms. The first-order chi connectivity index (χ1) is 14.1. The molecule has 0 fully saturated rings. The van der Waals surface area contributed by atoms with E-state index in [0.717, 1.165) is 39.8 Å². The first-order valence-electron chi connectivity index (χ1n) is 9.40. The minimum absolute atomic E-state index is 0.312. The van der Waals surface area contributed by atoms with Crippen molar-refractivity contribution in [2.45, 2.75) is 0 Å². The van der Waals surface area contributed by atoms with Crippen LogP contribution in [-0.2, 0) is 0 Å². The first kappa shape index (κ1) is 15.2. The van der Waals surface area contributed by atoms with Gasteiger partial charge in [0.15, 0.2) is 0 Å². The fourth-order valence-electron chi connectivity index (χ4n) is 3.31. The second-order valence-corrected chi connectivity index (χ2v) is 6.48. The van der Waals surface area contributed by atoms with Crippen LogP contribution in [0.15, 0.2) is 140 Å². The number of aliphatic imine (C=N–C) groups is 4. The third-order valence-corrected chi connectivity index (χ3v) is 4.59. The number of rotatable bonds is 2. The molecule has 0 aromatic rings. The van der Waals surface area contributed by atoms with Crippen LogP contribution in [-0.4, -0.2) is 22.8 Å². The van der Waals surface area contributed by atoms with Gasteiger partial charge >= 0.3 is 0 Å². The van der Waals surface area contributed by atoms with Gasteiger partial charge in [-0.15, -0.1) is 0 Å². The SMILES string of the molecule is [2H]C1=C(C=C)C2=C(C=C)C3=NC(=CC4=NC(=CC5=NC(=CC1=N2)C=C5)C=C4)C=C3. The summed E-state index contributed by atoms with van der Waals surface area (Å²) >= 11 is 0. The maximum atomic E-state index is 8.55. The average Bonchev–Trinajstić information content (AvgIpc) is 3.48. The van der Waals surface area contributed by atoms with E-state index in [2.05, 4.69) is 23.1 Å². The van der Waals surface area contributed by atoms with E-state index in [4.69, 9.17) is 11.4 Å². The van der Waals surface area contributed by atoms with E-state index in [0.29, 0.717) is 23.0 Å². The van der Waals surface area contributed by atoms with Gasteiger partial charge < -0.3 is 0 Å². The molecule has 0 aliphatic carbocycles. The first-order valence-corrected chi connectivity index (χ1v) is 8.90. The van der Waals surface area contributed by atoms with E-state index in [1.807, 2.05) is 54.7 Å². The third kappa shape index (κ3) is 2.81. The minimum atomic E-state index is 0.312. The van der Waals surface area contributed by atoms with Gasteiger partial charge in [-0.2, -0.15) is 0 Å².